The standard InChI is InChI=1S/C48H91N2O6.BrH/c1-5-7-9-11-13-15-17-19-21-23-25-27-29-31-33-37-47(53)55-44-39-49(46(52)36-35-41-50(3,4)42-43-51)40-45-56-48(54)38-34-32-30-28-26-24-22-20-18-16-14-12-10-8-6-2;/h19-22,51H,5-18,23-45H2,1-4H3;1H/q+1;/p-1. The molecule has 0 aromatic heterocycles. The van der Waals surface area contributed by atoms with E-state index in [-0.39, 0.29) is 67.7 Å². The van der Waals surface area contributed by atoms with Gasteiger partial charge in [0, 0.05) is 25.7 Å². The van der Waals surface area contributed by atoms with Crippen molar-refractivity contribution in [3.05, 3.63) is 24.3 Å². The zero-order valence-electron chi connectivity index (χ0n) is 37.7. The van der Waals surface area contributed by atoms with Crippen LogP contribution in [0.25, 0.3) is 0 Å². The van der Waals surface area contributed by atoms with Gasteiger partial charge in [-0.05, 0) is 64.2 Å². The summed E-state index contributed by atoms with van der Waals surface area (Å²) in [6.07, 6.45) is 42.8. The highest BCUT2D eigenvalue weighted by Gasteiger charge is 2.19. The average molecular weight is 872 g/mol. The van der Waals surface area contributed by atoms with Gasteiger partial charge in [-0.25, -0.2) is 0 Å². The van der Waals surface area contributed by atoms with E-state index in [0.29, 0.717) is 36.7 Å². The lowest BCUT2D eigenvalue weighted by atomic mass is 10.1. The molecule has 0 bridgehead atoms. The third kappa shape index (κ3) is 42.2. The van der Waals surface area contributed by atoms with Crippen LogP contribution in [0.2, 0.25) is 0 Å². The van der Waals surface area contributed by atoms with E-state index in [1.807, 2.05) is 14.1 Å². The van der Waals surface area contributed by atoms with E-state index in [1.54, 1.807) is 4.90 Å². The molecule has 1 amide bonds. The number of aliphatic hydroxyl groups excluding tert-OH is 1. The Morgan fingerprint density at radius 3 is 1.21 bits per heavy atom. The topological polar surface area (TPSA) is 93.1 Å². The van der Waals surface area contributed by atoms with Crippen LogP contribution in [0.4, 0.5) is 0 Å². The van der Waals surface area contributed by atoms with Crippen LogP contribution < -0.4 is 17.0 Å². The molecule has 8 nitrogen and oxygen atoms in total. The summed E-state index contributed by atoms with van der Waals surface area (Å²) in [4.78, 5) is 39.7. The summed E-state index contributed by atoms with van der Waals surface area (Å²) in [7, 11) is 4.09. The predicted octanol–water partition coefficient (Wildman–Crippen LogP) is 8.83. The molecule has 0 fully saturated rings. The second-order valence-corrected chi connectivity index (χ2v) is 16.7. The summed E-state index contributed by atoms with van der Waals surface area (Å²) in [5.41, 5.74) is 0. The third-order valence-corrected chi connectivity index (χ3v) is 10.7. The summed E-state index contributed by atoms with van der Waals surface area (Å²) >= 11 is 0. The van der Waals surface area contributed by atoms with Gasteiger partial charge in [-0.1, -0.05) is 141 Å². The first-order valence-corrected chi connectivity index (χ1v) is 23.6. The Morgan fingerprint density at radius 1 is 0.491 bits per heavy atom. The number of esters is 2. The number of allylic oxidation sites excluding steroid dienone is 4. The second kappa shape index (κ2) is 43.9. The lowest BCUT2D eigenvalue weighted by Gasteiger charge is -2.29. The van der Waals surface area contributed by atoms with E-state index >= 15 is 0 Å². The largest absolute Gasteiger partial charge is 1.00 e. The first-order valence-electron chi connectivity index (χ1n) is 23.6. The van der Waals surface area contributed by atoms with Crippen molar-refractivity contribution in [3.8, 4) is 0 Å². The van der Waals surface area contributed by atoms with Crippen LogP contribution in [0.15, 0.2) is 24.3 Å². The number of amides is 1. The lowest BCUT2D eigenvalue weighted by Crippen LogP contribution is -3.00. The monoisotopic (exact) mass is 871 g/mol. The molecule has 0 aliphatic heterocycles. The Kier molecular flexibility index (Phi) is 44.2. The molecule has 1 N–H and O–H groups in total. The maximum absolute atomic E-state index is 13.2. The molecule has 0 aromatic carbocycles. The molecule has 9 heteroatoms. The normalized spacial score (nSPS) is 11.7. The van der Waals surface area contributed by atoms with E-state index in [2.05, 4.69) is 38.2 Å². The number of halogens is 1. The van der Waals surface area contributed by atoms with Gasteiger partial charge >= 0.3 is 11.9 Å². The molecule has 0 radical (unpaired) electrons. The van der Waals surface area contributed by atoms with Crippen molar-refractivity contribution in [2.75, 3.05) is 60.1 Å². The van der Waals surface area contributed by atoms with Crippen molar-refractivity contribution in [1.82, 2.24) is 4.90 Å². The third-order valence-electron chi connectivity index (χ3n) is 10.7. The van der Waals surface area contributed by atoms with Crippen molar-refractivity contribution in [2.24, 2.45) is 0 Å². The number of likely N-dealkylation sites (N-methyl/N-ethyl adjacent to an activating group) is 1. The van der Waals surface area contributed by atoms with Gasteiger partial charge in [0.15, 0.2) is 0 Å². The Labute approximate surface area is 362 Å². The molecule has 0 unspecified atom stereocenters. The van der Waals surface area contributed by atoms with Crippen molar-refractivity contribution < 1.29 is 50.4 Å². The summed E-state index contributed by atoms with van der Waals surface area (Å²) < 4.78 is 11.7. The van der Waals surface area contributed by atoms with Crippen LogP contribution >= 0.6 is 0 Å². The summed E-state index contributed by atoms with van der Waals surface area (Å²) in [5, 5.41) is 9.33. The van der Waals surface area contributed by atoms with E-state index in [4.69, 9.17) is 9.47 Å². The Morgan fingerprint density at radius 2 is 0.842 bits per heavy atom. The zero-order chi connectivity index (χ0) is 41.2. The molecule has 336 valence electrons. The minimum Gasteiger partial charge on any atom is -1.00 e. The minimum atomic E-state index is -0.218. The van der Waals surface area contributed by atoms with Crippen LogP contribution in [0.5, 0.6) is 0 Å². The number of hydrogen-bond acceptors (Lipinski definition) is 6. The molecular formula is C48H91BrN2O6. The Hall–Kier alpha value is -1.71. The molecule has 0 saturated carbocycles. The first-order chi connectivity index (χ1) is 27.3. The molecule has 57 heavy (non-hydrogen) atoms. The Balaban J connectivity index is 0. The maximum Gasteiger partial charge on any atom is 0.305 e. The maximum atomic E-state index is 13.2. The number of ether oxygens (including phenoxy) is 2. The van der Waals surface area contributed by atoms with E-state index in [9.17, 15) is 19.5 Å². The fourth-order valence-electron chi connectivity index (χ4n) is 6.92. The SMILES string of the molecule is CCCCCCCCC=CCCCCCCCC(=O)OCCN(CCOC(=O)CCCCCCCC=CCCCCCCCC)C(=O)CCC[N+](C)(C)CCO.[Br-]. The average Bonchev–Trinajstić information content (AvgIpc) is 3.17. The van der Waals surface area contributed by atoms with Crippen LogP contribution in [-0.4, -0.2) is 92.4 Å². The summed E-state index contributed by atoms with van der Waals surface area (Å²) in [6, 6.07) is 0. The Bertz CT molecular complexity index is 915. The highest BCUT2D eigenvalue weighted by Crippen LogP contribution is 2.13. The van der Waals surface area contributed by atoms with Crippen LogP contribution in [0.3, 0.4) is 0 Å². The highest BCUT2D eigenvalue weighted by molar-refractivity contribution is 5.76. The lowest BCUT2D eigenvalue weighted by molar-refractivity contribution is -0.890. The molecule has 0 atom stereocenters. The molecule has 0 heterocycles. The van der Waals surface area contributed by atoms with Crippen LogP contribution in [0.1, 0.15) is 206 Å². The number of quaternary nitrogens is 1. The number of carbonyl (C=O) groups excluding carboxylic acids is 3. The predicted molar refractivity (Wildman–Crippen MR) is 236 cm³/mol. The van der Waals surface area contributed by atoms with Crippen LogP contribution in [0, 0.1) is 0 Å². The number of rotatable bonds is 42. The zero-order valence-corrected chi connectivity index (χ0v) is 39.3. The van der Waals surface area contributed by atoms with Crippen molar-refractivity contribution in [3.63, 3.8) is 0 Å². The quantitative estimate of drug-likeness (QED) is 0.0286. The summed E-state index contributed by atoms with van der Waals surface area (Å²) in [6.45, 7) is 6.90. The van der Waals surface area contributed by atoms with Crippen molar-refractivity contribution >= 4 is 17.8 Å². The highest BCUT2D eigenvalue weighted by atomic mass is 79.9. The van der Waals surface area contributed by atoms with Gasteiger partial charge in [-0.15, -0.1) is 0 Å². The minimum absolute atomic E-state index is 0. The van der Waals surface area contributed by atoms with Gasteiger partial charge in [-0.3, -0.25) is 14.4 Å². The molecular weight excluding hydrogens is 780 g/mol. The van der Waals surface area contributed by atoms with Gasteiger partial charge in [0.1, 0.15) is 19.8 Å². The van der Waals surface area contributed by atoms with Gasteiger partial charge in [-0.2, -0.15) is 0 Å². The van der Waals surface area contributed by atoms with E-state index in [0.717, 1.165) is 57.9 Å². The van der Waals surface area contributed by atoms with Gasteiger partial charge in [0.2, 0.25) is 5.91 Å². The molecule has 0 aliphatic rings. The van der Waals surface area contributed by atoms with Gasteiger partial charge in [0.05, 0.1) is 40.3 Å². The molecule has 0 aliphatic carbocycles. The number of aliphatic hydroxyl groups is 1. The summed E-state index contributed by atoms with van der Waals surface area (Å²) in [5.74, 6) is -0.468. The fourth-order valence-corrected chi connectivity index (χ4v) is 6.92. The molecule has 0 saturated heterocycles. The van der Waals surface area contributed by atoms with Crippen molar-refractivity contribution in [1.29, 1.82) is 0 Å². The first kappa shape index (κ1) is 57.4. The van der Waals surface area contributed by atoms with E-state index in [1.165, 1.54) is 116 Å². The molecule has 0 aromatic rings. The number of hydrogen-bond donors (Lipinski definition) is 1. The van der Waals surface area contributed by atoms with Crippen molar-refractivity contribution in [2.45, 2.75) is 206 Å². The number of unbranched alkanes of at least 4 members (excludes halogenated alkanes) is 22. The van der Waals surface area contributed by atoms with Crippen LogP contribution in [-0.2, 0) is 23.9 Å². The second-order valence-electron chi connectivity index (χ2n) is 16.7. The number of carbonyl (C=O) groups is 3. The fraction of sp³-hybridized carbons (Fsp3) is 0.854. The van der Waals surface area contributed by atoms with Gasteiger partial charge in [0.25, 0.3) is 0 Å². The molecule has 0 rings (SSSR count). The van der Waals surface area contributed by atoms with Gasteiger partial charge < -0.3 is 40.9 Å². The smallest absolute Gasteiger partial charge is 0.305 e. The van der Waals surface area contributed by atoms with E-state index < -0.39 is 0 Å². The number of nitrogens with zero attached hydrogens (tertiary/aromatic N) is 2. The molecule has 0 spiro atoms.